The van der Waals surface area contributed by atoms with Crippen molar-refractivity contribution in [2.24, 2.45) is 0 Å². The van der Waals surface area contributed by atoms with E-state index in [1.54, 1.807) is 0 Å². The molecule has 1 aromatic heterocycles. The molecule has 0 aliphatic rings. The van der Waals surface area contributed by atoms with Gasteiger partial charge in [-0.3, -0.25) is 0 Å². The number of nitrogens with zero attached hydrogens (tertiary/aromatic N) is 1. The predicted octanol–water partition coefficient (Wildman–Crippen LogP) is 5.76. The molecule has 1 N–H and O–H groups in total. The Labute approximate surface area is 151 Å². The third-order valence-electron chi connectivity index (χ3n) is 4.49. The van der Waals surface area contributed by atoms with Crippen molar-refractivity contribution in [2.75, 3.05) is 7.11 Å². The lowest BCUT2D eigenvalue weighted by Gasteiger charge is -2.02. The van der Waals surface area contributed by atoms with Crippen LogP contribution in [0.2, 0.25) is 0 Å². The van der Waals surface area contributed by atoms with E-state index in [0.29, 0.717) is 6.61 Å². The lowest BCUT2D eigenvalue weighted by atomic mass is 10.1. The van der Waals surface area contributed by atoms with Crippen molar-refractivity contribution < 1.29 is 9.78 Å². The summed E-state index contributed by atoms with van der Waals surface area (Å²) in [7, 11) is 1.53. The van der Waals surface area contributed by atoms with Gasteiger partial charge in [0.05, 0.1) is 18.5 Å². The standard InChI is InChI=1S/C21H32N2O2/c1-4-5-6-7-8-9-10-11-20-22-19(16-25-24-3)21(23-20)18-14-12-17(2)13-15-18/h12-15H,4-11,16H2,1-3H3,(H,22,23). The summed E-state index contributed by atoms with van der Waals surface area (Å²) in [6, 6.07) is 8.44. The average Bonchev–Trinajstić information content (AvgIpc) is 3.03. The summed E-state index contributed by atoms with van der Waals surface area (Å²) >= 11 is 0. The zero-order valence-electron chi connectivity index (χ0n) is 15.9. The molecule has 0 amide bonds. The molecule has 0 fully saturated rings. The molecule has 25 heavy (non-hydrogen) atoms. The number of aromatic amines is 1. The Hall–Kier alpha value is -1.65. The van der Waals surface area contributed by atoms with Crippen molar-refractivity contribution >= 4 is 0 Å². The molecule has 2 aromatic rings. The first-order chi connectivity index (χ1) is 12.2. The molecule has 4 heteroatoms. The van der Waals surface area contributed by atoms with E-state index >= 15 is 0 Å². The molecule has 0 atom stereocenters. The summed E-state index contributed by atoms with van der Waals surface area (Å²) in [5, 5.41) is 0. The first-order valence-corrected chi connectivity index (χ1v) is 9.55. The van der Waals surface area contributed by atoms with Crippen molar-refractivity contribution in [3.8, 4) is 11.3 Å². The van der Waals surface area contributed by atoms with E-state index < -0.39 is 0 Å². The summed E-state index contributed by atoms with van der Waals surface area (Å²) in [5.41, 5.74) is 4.30. The second-order valence-electron chi connectivity index (χ2n) is 6.68. The fourth-order valence-corrected chi connectivity index (χ4v) is 3.00. The molecule has 138 valence electrons. The van der Waals surface area contributed by atoms with Crippen LogP contribution in [-0.4, -0.2) is 17.1 Å². The summed E-state index contributed by atoms with van der Waals surface area (Å²) in [6.07, 6.45) is 10.2. The van der Waals surface area contributed by atoms with Gasteiger partial charge in [0.25, 0.3) is 0 Å². The van der Waals surface area contributed by atoms with Gasteiger partial charge in [-0.2, -0.15) is 0 Å². The second-order valence-corrected chi connectivity index (χ2v) is 6.68. The molecule has 0 unspecified atom stereocenters. The number of rotatable bonds is 12. The Morgan fingerprint density at radius 3 is 2.32 bits per heavy atom. The fourth-order valence-electron chi connectivity index (χ4n) is 3.00. The smallest absolute Gasteiger partial charge is 0.124 e. The third-order valence-corrected chi connectivity index (χ3v) is 4.49. The van der Waals surface area contributed by atoms with E-state index in [2.05, 4.69) is 43.1 Å². The SMILES string of the molecule is CCCCCCCCCc1nc(-c2ccc(C)cc2)c(COOC)[nH]1. The van der Waals surface area contributed by atoms with Crippen molar-refractivity contribution in [2.45, 2.75) is 71.8 Å². The highest BCUT2D eigenvalue weighted by molar-refractivity contribution is 5.62. The van der Waals surface area contributed by atoms with Crippen LogP contribution in [0.5, 0.6) is 0 Å². The van der Waals surface area contributed by atoms with E-state index in [1.807, 2.05) is 0 Å². The number of aromatic nitrogens is 2. The monoisotopic (exact) mass is 344 g/mol. The average molecular weight is 344 g/mol. The molecule has 1 heterocycles. The Bertz CT molecular complexity index is 605. The van der Waals surface area contributed by atoms with Gasteiger partial charge in [0, 0.05) is 12.0 Å². The number of aryl methyl sites for hydroxylation is 2. The zero-order valence-corrected chi connectivity index (χ0v) is 15.9. The summed E-state index contributed by atoms with van der Waals surface area (Å²) in [5.74, 6) is 1.04. The van der Waals surface area contributed by atoms with Gasteiger partial charge < -0.3 is 4.98 Å². The molecule has 0 bridgehead atoms. The minimum atomic E-state index is 0.379. The molecule has 0 spiro atoms. The Morgan fingerprint density at radius 2 is 1.64 bits per heavy atom. The Balaban J connectivity index is 1.93. The first kappa shape index (κ1) is 19.7. The maximum atomic E-state index is 5.13. The van der Waals surface area contributed by atoms with Crippen LogP contribution < -0.4 is 0 Å². The van der Waals surface area contributed by atoms with Crippen LogP contribution >= 0.6 is 0 Å². The van der Waals surface area contributed by atoms with Gasteiger partial charge in [-0.1, -0.05) is 75.3 Å². The number of H-pyrrole nitrogens is 1. The molecular weight excluding hydrogens is 312 g/mol. The van der Waals surface area contributed by atoms with Crippen LogP contribution in [0.1, 0.15) is 69.0 Å². The van der Waals surface area contributed by atoms with Crippen LogP contribution in [0.15, 0.2) is 24.3 Å². The molecule has 0 aliphatic carbocycles. The largest absolute Gasteiger partial charge is 0.343 e. The maximum absolute atomic E-state index is 5.13. The van der Waals surface area contributed by atoms with Crippen molar-refractivity contribution in [3.63, 3.8) is 0 Å². The van der Waals surface area contributed by atoms with Crippen LogP contribution in [0.4, 0.5) is 0 Å². The molecule has 0 radical (unpaired) electrons. The minimum Gasteiger partial charge on any atom is -0.343 e. The van der Waals surface area contributed by atoms with E-state index in [1.165, 1.54) is 57.6 Å². The summed E-state index contributed by atoms with van der Waals surface area (Å²) in [4.78, 5) is 18.1. The fraction of sp³-hybridized carbons (Fsp3) is 0.571. The van der Waals surface area contributed by atoms with Crippen LogP contribution in [0, 0.1) is 6.92 Å². The van der Waals surface area contributed by atoms with E-state index in [-0.39, 0.29) is 0 Å². The van der Waals surface area contributed by atoms with E-state index in [4.69, 9.17) is 14.8 Å². The van der Waals surface area contributed by atoms with Gasteiger partial charge in [0.1, 0.15) is 12.4 Å². The summed E-state index contributed by atoms with van der Waals surface area (Å²) in [6.45, 7) is 4.73. The van der Waals surface area contributed by atoms with Gasteiger partial charge in [0.2, 0.25) is 0 Å². The van der Waals surface area contributed by atoms with Gasteiger partial charge >= 0.3 is 0 Å². The molecule has 4 nitrogen and oxygen atoms in total. The molecule has 0 aliphatic heterocycles. The number of imidazole rings is 1. The van der Waals surface area contributed by atoms with Crippen molar-refractivity contribution in [1.29, 1.82) is 0 Å². The Kier molecular flexibility index (Phi) is 8.70. The lowest BCUT2D eigenvalue weighted by molar-refractivity contribution is -0.282. The van der Waals surface area contributed by atoms with Gasteiger partial charge in [0.15, 0.2) is 0 Å². The van der Waals surface area contributed by atoms with Crippen LogP contribution in [-0.2, 0) is 22.8 Å². The van der Waals surface area contributed by atoms with Gasteiger partial charge in [-0.05, 0) is 13.3 Å². The number of nitrogens with one attached hydrogen (secondary N) is 1. The van der Waals surface area contributed by atoms with Gasteiger partial charge in [-0.15, -0.1) is 0 Å². The maximum Gasteiger partial charge on any atom is 0.124 e. The van der Waals surface area contributed by atoms with Crippen LogP contribution in [0.25, 0.3) is 11.3 Å². The first-order valence-electron chi connectivity index (χ1n) is 9.55. The normalized spacial score (nSPS) is 11.2. The predicted molar refractivity (Wildman–Crippen MR) is 102 cm³/mol. The Morgan fingerprint density at radius 1 is 0.960 bits per heavy atom. The topological polar surface area (TPSA) is 47.1 Å². The molecule has 2 rings (SSSR count). The van der Waals surface area contributed by atoms with Crippen LogP contribution in [0.3, 0.4) is 0 Å². The number of benzene rings is 1. The second kappa shape index (κ2) is 11.1. The van der Waals surface area contributed by atoms with Crippen molar-refractivity contribution in [3.05, 3.63) is 41.3 Å². The van der Waals surface area contributed by atoms with Gasteiger partial charge in [-0.25, -0.2) is 14.8 Å². The van der Waals surface area contributed by atoms with Crippen molar-refractivity contribution in [1.82, 2.24) is 9.97 Å². The lowest BCUT2D eigenvalue weighted by Crippen LogP contribution is -1.94. The number of hydrogen-bond acceptors (Lipinski definition) is 3. The molecule has 0 saturated heterocycles. The highest BCUT2D eigenvalue weighted by Crippen LogP contribution is 2.23. The van der Waals surface area contributed by atoms with E-state index in [0.717, 1.165) is 29.2 Å². The molecular formula is C21H32N2O2. The summed E-state index contributed by atoms with van der Waals surface area (Å²) < 4.78 is 0. The highest BCUT2D eigenvalue weighted by atomic mass is 17.2. The number of hydrogen-bond donors (Lipinski definition) is 1. The highest BCUT2D eigenvalue weighted by Gasteiger charge is 2.12. The third kappa shape index (κ3) is 6.63. The molecule has 0 saturated carbocycles. The molecule has 1 aromatic carbocycles. The van der Waals surface area contributed by atoms with E-state index in [9.17, 15) is 0 Å². The number of unbranched alkanes of at least 4 members (excludes halogenated alkanes) is 6. The minimum absolute atomic E-state index is 0.379. The quantitative estimate of drug-likeness (QED) is 0.303. The zero-order chi connectivity index (χ0) is 17.9.